The fraction of sp³-hybridized carbons (Fsp3) is 0.600. The van der Waals surface area contributed by atoms with Gasteiger partial charge in [-0.05, 0) is 37.7 Å². The quantitative estimate of drug-likeness (QED) is 0.903. The zero-order valence-electron chi connectivity index (χ0n) is 12.0. The zero-order valence-corrected chi connectivity index (χ0v) is 12.8. The van der Waals surface area contributed by atoms with Gasteiger partial charge in [-0.2, -0.15) is 0 Å². The van der Waals surface area contributed by atoms with Crippen LogP contribution in [0.3, 0.4) is 0 Å². The number of nitrogens with zero attached hydrogens (tertiary/aromatic N) is 1. The Labute approximate surface area is 125 Å². The summed E-state index contributed by atoms with van der Waals surface area (Å²) in [5, 5.41) is 3.46. The van der Waals surface area contributed by atoms with Crippen LogP contribution in [0.5, 0.6) is 0 Å². The third-order valence-electron chi connectivity index (χ3n) is 3.88. The lowest BCUT2D eigenvalue weighted by Gasteiger charge is -2.36. The van der Waals surface area contributed by atoms with Gasteiger partial charge in [-0.1, -0.05) is 24.6 Å². The van der Waals surface area contributed by atoms with Crippen molar-refractivity contribution < 1.29 is 9.13 Å². The van der Waals surface area contributed by atoms with Crippen molar-refractivity contribution in [2.45, 2.75) is 25.5 Å². The van der Waals surface area contributed by atoms with Crippen LogP contribution < -0.4 is 5.32 Å². The first-order valence-electron chi connectivity index (χ1n) is 7.09. The van der Waals surface area contributed by atoms with Gasteiger partial charge in [0.2, 0.25) is 0 Å². The second-order valence-electron chi connectivity index (χ2n) is 5.15. The highest BCUT2D eigenvalue weighted by atomic mass is 35.5. The van der Waals surface area contributed by atoms with Gasteiger partial charge >= 0.3 is 0 Å². The van der Waals surface area contributed by atoms with Crippen LogP contribution in [0.2, 0.25) is 5.02 Å². The maximum Gasteiger partial charge on any atom is 0.142 e. The van der Waals surface area contributed by atoms with Gasteiger partial charge in [0.15, 0.2) is 0 Å². The summed E-state index contributed by atoms with van der Waals surface area (Å²) in [6, 6.07) is 5.16. The Morgan fingerprint density at radius 3 is 3.00 bits per heavy atom. The molecular weight excluding hydrogens is 279 g/mol. The largest absolute Gasteiger partial charge is 0.374 e. The molecule has 0 aromatic heterocycles. The summed E-state index contributed by atoms with van der Waals surface area (Å²) < 4.78 is 19.4. The van der Waals surface area contributed by atoms with Crippen LogP contribution >= 0.6 is 11.6 Å². The molecule has 0 bridgehead atoms. The maximum atomic E-state index is 13.5. The smallest absolute Gasteiger partial charge is 0.142 e. The van der Waals surface area contributed by atoms with Crippen LogP contribution in [0.25, 0.3) is 0 Å². The van der Waals surface area contributed by atoms with E-state index < -0.39 is 0 Å². The Kier molecular flexibility index (Phi) is 5.78. The van der Waals surface area contributed by atoms with E-state index in [-0.39, 0.29) is 23.0 Å². The number of hydrogen-bond acceptors (Lipinski definition) is 3. The Bertz CT molecular complexity index is 444. The van der Waals surface area contributed by atoms with E-state index in [0.29, 0.717) is 0 Å². The van der Waals surface area contributed by atoms with Crippen LogP contribution in [0.1, 0.15) is 12.5 Å². The molecule has 1 aromatic rings. The molecule has 20 heavy (non-hydrogen) atoms. The van der Waals surface area contributed by atoms with Crippen molar-refractivity contribution in [2.24, 2.45) is 0 Å². The number of rotatable bonds is 5. The van der Waals surface area contributed by atoms with Gasteiger partial charge in [-0.15, -0.1) is 0 Å². The molecule has 1 aliphatic heterocycles. The summed E-state index contributed by atoms with van der Waals surface area (Å²) in [6.07, 6.45) is 0.861. The summed E-state index contributed by atoms with van der Waals surface area (Å²) in [7, 11) is 1.92. The second-order valence-corrected chi connectivity index (χ2v) is 5.56. The lowest BCUT2D eigenvalue weighted by molar-refractivity contribution is -0.0436. The minimum absolute atomic E-state index is 0.132. The fourth-order valence-electron chi connectivity index (χ4n) is 2.60. The van der Waals surface area contributed by atoms with Crippen LogP contribution in [-0.2, 0) is 11.2 Å². The predicted molar refractivity (Wildman–Crippen MR) is 79.8 cm³/mol. The molecule has 0 radical (unpaired) electrons. The van der Waals surface area contributed by atoms with E-state index in [1.165, 1.54) is 6.07 Å². The van der Waals surface area contributed by atoms with Crippen LogP contribution in [0.4, 0.5) is 4.39 Å². The number of hydrogen-bond donors (Lipinski definition) is 1. The van der Waals surface area contributed by atoms with Gasteiger partial charge in [-0.25, -0.2) is 4.39 Å². The van der Waals surface area contributed by atoms with Gasteiger partial charge in [-0.3, -0.25) is 4.90 Å². The first-order chi connectivity index (χ1) is 9.63. The van der Waals surface area contributed by atoms with E-state index in [1.807, 2.05) is 13.1 Å². The van der Waals surface area contributed by atoms with Crippen molar-refractivity contribution in [3.05, 3.63) is 34.6 Å². The van der Waals surface area contributed by atoms with Gasteiger partial charge in [0, 0.05) is 19.1 Å². The third-order valence-corrected chi connectivity index (χ3v) is 4.19. The monoisotopic (exact) mass is 300 g/mol. The molecule has 1 aliphatic rings. The minimum Gasteiger partial charge on any atom is -0.374 e. The van der Waals surface area contributed by atoms with Crippen LogP contribution in [0.15, 0.2) is 18.2 Å². The average molecular weight is 301 g/mol. The Balaban J connectivity index is 2.02. The standard InChI is InChI=1S/C15H22ClFN2O/c1-3-19-6-7-20-15(10-19)14(18-2)9-11-4-5-12(16)13(17)8-11/h4-5,8,14-15,18H,3,6-7,9-10H2,1-2H3. The van der Waals surface area contributed by atoms with E-state index in [4.69, 9.17) is 16.3 Å². The molecule has 1 saturated heterocycles. The summed E-state index contributed by atoms with van der Waals surface area (Å²) in [5.41, 5.74) is 0.934. The summed E-state index contributed by atoms with van der Waals surface area (Å²) >= 11 is 5.72. The molecule has 0 amide bonds. The van der Waals surface area contributed by atoms with Gasteiger partial charge in [0.1, 0.15) is 5.82 Å². The van der Waals surface area contributed by atoms with E-state index in [9.17, 15) is 4.39 Å². The van der Waals surface area contributed by atoms with E-state index >= 15 is 0 Å². The molecule has 1 fully saturated rings. The lowest BCUT2D eigenvalue weighted by atomic mass is 10.00. The molecule has 3 nitrogen and oxygen atoms in total. The van der Waals surface area contributed by atoms with Gasteiger partial charge in [0.25, 0.3) is 0 Å². The normalized spacial score (nSPS) is 21.9. The molecular formula is C15H22ClFN2O. The number of benzene rings is 1. The van der Waals surface area contributed by atoms with Crippen molar-refractivity contribution in [3.63, 3.8) is 0 Å². The molecule has 2 rings (SSSR count). The first kappa shape index (κ1) is 15.7. The molecule has 0 saturated carbocycles. The number of ether oxygens (including phenoxy) is 1. The topological polar surface area (TPSA) is 24.5 Å². The predicted octanol–water partition coefficient (Wildman–Crippen LogP) is 2.33. The van der Waals surface area contributed by atoms with E-state index in [2.05, 4.69) is 17.1 Å². The molecule has 112 valence electrons. The molecule has 2 atom stereocenters. The summed E-state index contributed by atoms with van der Waals surface area (Å²) in [5.74, 6) is -0.362. The Morgan fingerprint density at radius 1 is 1.55 bits per heavy atom. The van der Waals surface area contributed by atoms with E-state index in [1.54, 1.807) is 6.07 Å². The molecule has 2 unspecified atom stereocenters. The lowest BCUT2D eigenvalue weighted by Crippen LogP contribution is -2.52. The van der Waals surface area contributed by atoms with Gasteiger partial charge < -0.3 is 10.1 Å². The second kappa shape index (κ2) is 7.36. The van der Waals surface area contributed by atoms with Crippen molar-refractivity contribution in [1.82, 2.24) is 10.2 Å². The highest BCUT2D eigenvalue weighted by Gasteiger charge is 2.26. The average Bonchev–Trinajstić information content (AvgIpc) is 2.48. The molecule has 0 aliphatic carbocycles. The minimum atomic E-state index is -0.362. The SMILES string of the molecule is CCN1CCOC(C(Cc2ccc(Cl)c(F)c2)NC)C1. The highest BCUT2D eigenvalue weighted by Crippen LogP contribution is 2.18. The molecule has 1 heterocycles. The van der Waals surface area contributed by atoms with Gasteiger partial charge in [0.05, 0.1) is 17.7 Å². The molecule has 1 N–H and O–H groups in total. The molecule has 0 spiro atoms. The van der Waals surface area contributed by atoms with Crippen LogP contribution in [0, 0.1) is 5.82 Å². The Hall–Kier alpha value is -0.680. The first-order valence-corrected chi connectivity index (χ1v) is 7.47. The van der Waals surface area contributed by atoms with Crippen molar-refractivity contribution in [2.75, 3.05) is 33.3 Å². The van der Waals surface area contributed by atoms with Crippen molar-refractivity contribution >= 4 is 11.6 Å². The van der Waals surface area contributed by atoms with E-state index in [0.717, 1.165) is 38.2 Å². The number of morpholine rings is 1. The number of likely N-dealkylation sites (N-methyl/N-ethyl adjacent to an activating group) is 2. The zero-order chi connectivity index (χ0) is 14.5. The number of nitrogens with one attached hydrogen (secondary N) is 1. The molecule has 5 heteroatoms. The van der Waals surface area contributed by atoms with Crippen molar-refractivity contribution in [3.8, 4) is 0 Å². The molecule has 1 aromatic carbocycles. The van der Waals surface area contributed by atoms with Crippen LogP contribution in [-0.4, -0.2) is 50.3 Å². The number of halogens is 2. The maximum absolute atomic E-state index is 13.5. The highest BCUT2D eigenvalue weighted by molar-refractivity contribution is 6.30. The summed E-state index contributed by atoms with van der Waals surface area (Å²) in [6.45, 7) is 5.85. The summed E-state index contributed by atoms with van der Waals surface area (Å²) in [4.78, 5) is 2.38. The fourth-order valence-corrected chi connectivity index (χ4v) is 2.72. The Morgan fingerprint density at radius 2 is 2.35 bits per heavy atom. The van der Waals surface area contributed by atoms with Crippen molar-refractivity contribution in [1.29, 1.82) is 0 Å². The third kappa shape index (κ3) is 3.92.